The summed E-state index contributed by atoms with van der Waals surface area (Å²) in [6, 6.07) is -1.06. The number of aliphatic carboxylic acids is 1. The summed E-state index contributed by atoms with van der Waals surface area (Å²) in [4.78, 5) is 35.4. The van der Waals surface area contributed by atoms with Crippen molar-refractivity contribution in [1.82, 2.24) is 15.5 Å². The normalized spacial score (nSPS) is 20.4. The van der Waals surface area contributed by atoms with Gasteiger partial charge >= 0.3 is 12.0 Å². The molecular weight excluding hydrogens is 250 g/mol. The number of likely N-dealkylation sites (tertiary alicyclic amines) is 1. The van der Waals surface area contributed by atoms with Gasteiger partial charge < -0.3 is 10.4 Å². The molecule has 0 aromatic rings. The number of hydrogen-bond donors (Lipinski definition) is 3. The van der Waals surface area contributed by atoms with Gasteiger partial charge in [0.05, 0.1) is 0 Å². The number of amides is 3. The number of imide groups is 1. The monoisotopic (exact) mass is 271 g/mol. The molecule has 1 aliphatic rings. The predicted octanol–water partition coefficient (Wildman–Crippen LogP) is 0.161. The van der Waals surface area contributed by atoms with Crippen LogP contribution in [0.15, 0.2) is 0 Å². The van der Waals surface area contributed by atoms with Crippen molar-refractivity contribution in [2.75, 3.05) is 20.1 Å². The second kappa shape index (κ2) is 7.73. The number of carboxylic acid groups (broad SMARTS) is 1. The highest BCUT2D eigenvalue weighted by molar-refractivity contribution is 5.94. The van der Waals surface area contributed by atoms with Crippen LogP contribution in [0.5, 0.6) is 0 Å². The Morgan fingerprint density at radius 3 is 2.63 bits per heavy atom. The number of hydrogen-bond acceptors (Lipinski definition) is 4. The van der Waals surface area contributed by atoms with Gasteiger partial charge in [0.2, 0.25) is 5.91 Å². The minimum absolute atomic E-state index is 0.122. The largest absolute Gasteiger partial charge is 0.480 e. The molecule has 0 aliphatic carbocycles. The van der Waals surface area contributed by atoms with E-state index in [0.717, 1.165) is 19.3 Å². The molecule has 7 nitrogen and oxygen atoms in total. The first-order valence-corrected chi connectivity index (χ1v) is 6.53. The fourth-order valence-electron chi connectivity index (χ4n) is 2.21. The summed E-state index contributed by atoms with van der Waals surface area (Å²) in [6.45, 7) is 1.05. The molecule has 0 bridgehead atoms. The van der Waals surface area contributed by atoms with E-state index >= 15 is 0 Å². The molecule has 1 atom stereocenters. The number of nitrogens with zero attached hydrogens (tertiary/aromatic N) is 1. The van der Waals surface area contributed by atoms with Crippen molar-refractivity contribution in [2.45, 2.75) is 38.1 Å². The van der Waals surface area contributed by atoms with Crippen molar-refractivity contribution in [3.63, 3.8) is 0 Å². The average Bonchev–Trinajstić information content (AvgIpc) is 2.61. The minimum atomic E-state index is -0.839. The number of urea groups is 1. The summed E-state index contributed by atoms with van der Waals surface area (Å²) in [6.07, 6.45) is 3.60. The Hall–Kier alpha value is -1.63. The van der Waals surface area contributed by atoms with Crippen LogP contribution in [0.2, 0.25) is 0 Å². The Bertz CT molecular complexity index is 346. The number of carbonyl (C=O) groups excluding carboxylic acids is 2. The van der Waals surface area contributed by atoms with Gasteiger partial charge in [-0.3, -0.25) is 19.8 Å². The Balaban J connectivity index is 2.46. The maximum Gasteiger partial charge on any atom is 0.321 e. The van der Waals surface area contributed by atoms with Gasteiger partial charge in [-0.1, -0.05) is 12.8 Å². The standard InChI is InChI=1S/C12H21N3O4/c1-13-12(19)14-10(16)6-8-15-7-4-2-3-5-9(15)11(17)18/h9H,2-8H2,1H3,(H,17,18)(H2,13,14,16,19). The van der Waals surface area contributed by atoms with Crippen molar-refractivity contribution >= 4 is 17.9 Å². The molecule has 0 saturated carbocycles. The van der Waals surface area contributed by atoms with Gasteiger partial charge in [-0.05, 0) is 19.4 Å². The lowest BCUT2D eigenvalue weighted by atomic mass is 10.1. The van der Waals surface area contributed by atoms with Gasteiger partial charge in [0.15, 0.2) is 0 Å². The van der Waals surface area contributed by atoms with Gasteiger partial charge in [0.25, 0.3) is 0 Å². The van der Waals surface area contributed by atoms with E-state index < -0.39 is 23.9 Å². The third-order valence-electron chi connectivity index (χ3n) is 3.25. The summed E-state index contributed by atoms with van der Waals surface area (Å²) in [5.41, 5.74) is 0. The first-order valence-electron chi connectivity index (χ1n) is 6.53. The number of nitrogens with one attached hydrogen (secondary N) is 2. The molecule has 1 rings (SSSR count). The molecule has 1 fully saturated rings. The van der Waals surface area contributed by atoms with Gasteiger partial charge in [0.1, 0.15) is 6.04 Å². The van der Waals surface area contributed by atoms with E-state index in [9.17, 15) is 19.5 Å². The van der Waals surface area contributed by atoms with Crippen LogP contribution in [-0.2, 0) is 9.59 Å². The van der Waals surface area contributed by atoms with Gasteiger partial charge in [-0.25, -0.2) is 4.79 Å². The van der Waals surface area contributed by atoms with Crippen LogP contribution in [0.25, 0.3) is 0 Å². The zero-order chi connectivity index (χ0) is 14.3. The lowest BCUT2D eigenvalue weighted by Crippen LogP contribution is -2.44. The Morgan fingerprint density at radius 2 is 2.00 bits per heavy atom. The quantitative estimate of drug-likeness (QED) is 0.676. The summed E-state index contributed by atoms with van der Waals surface area (Å²) in [5, 5.41) is 13.6. The van der Waals surface area contributed by atoms with Crippen LogP contribution >= 0.6 is 0 Å². The lowest BCUT2D eigenvalue weighted by molar-refractivity contribution is -0.143. The smallest absolute Gasteiger partial charge is 0.321 e. The molecule has 7 heteroatoms. The second-order valence-electron chi connectivity index (χ2n) is 4.62. The molecule has 0 aromatic heterocycles. The van der Waals surface area contributed by atoms with E-state index in [4.69, 9.17) is 0 Å². The van der Waals surface area contributed by atoms with E-state index in [0.29, 0.717) is 19.5 Å². The van der Waals surface area contributed by atoms with Crippen molar-refractivity contribution in [1.29, 1.82) is 0 Å². The molecular formula is C12H21N3O4. The van der Waals surface area contributed by atoms with Gasteiger partial charge in [-0.15, -0.1) is 0 Å². The minimum Gasteiger partial charge on any atom is -0.480 e. The van der Waals surface area contributed by atoms with Crippen LogP contribution in [0, 0.1) is 0 Å². The summed E-state index contributed by atoms with van der Waals surface area (Å²) in [7, 11) is 1.43. The lowest BCUT2D eigenvalue weighted by Gasteiger charge is -2.26. The SMILES string of the molecule is CNC(=O)NC(=O)CCN1CCCCCC1C(=O)O. The number of rotatable bonds is 4. The molecule has 1 aliphatic heterocycles. The van der Waals surface area contributed by atoms with E-state index in [1.165, 1.54) is 7.05 Å². The van der Waals surface area contributed by atoms with Crippen LogP contribution in [0.4, 0.5) is 4.79 Å². The zero-order valence-electron chi connectivity index (χ0n) is 11.1. The number of carbonyl (C=O) groups is 3. The molecule has 0 spiro atoms. The van der Waals surface area contributed by atoms with E-state index in [1.54, 1.807) is 0 Å². The molecule has 108 valence electrons. The fourth-order valence-corrected chi connectivity index (χ4v) is 2.21. The molecule has 0 radical (unpaired) electrons. The third kappa shape index (κ3) is 5.25. The van der Waals surface area contributed by atoms with Crippen molar-refractivity contribution in [2.24, 2.45) is 0 Å². The van der Waals surface area contributed by atoms with Crippen LogP contribution in [-0.4, -0.2) is 54.1 Å². The predicted molar refractivity (Wildman–Crippen MR) is 68.7 cm³/mol. The highest BCUT2D eigenvalue weighted by atomic mass is 16.4. The number of carboxylic acids is 1. The van der Waals surface area contributed by atoms with Crippen LogP contribution in [0.1, 0.15) is 32.1 Å². The molecule has 0 aromatic carbocycles. The van der Waals surface area contributed by atoms with Crippen LogP contribution in [0.3, 0.4) is 0 Å². The van der Waals surface area contributed by atoms with Gasteiger partial charge in [0, 0.05) is 20.0 Å². The maximum atomic E-state index is 11.5. The van der Waals surface area contributed by atoms with Crippen LogP contribution < -0.4 is 10.6 Å². The Labute approximate surface area is 112 Å². The summed E-state index contributed by atoms with van der Waals surface area (Å²) < 4.78 is 0. The molecule has 3 amide bonds. The second-order valence-corrected chi connectivity index (χ2v) is 4.62. The average molecular weight is 271 g/mol. The Morgan fingerprint density at radius 1 is 1.26 bits per heavy atom. The molecule has 19 heavy (non-hydrogen) atoms. The van der Waals surface area contributed by atoms with E-state index in [2.05, 4.69) is 10.6 Å². The van der Waals surface area contributed by atoms with Crippen molar-refractivity contribution in [3.05, 3.63) is 0 Å². The Kier molecular flexibility index (Phi) is 6.27. The molecule has 3 N–H and O–H groups in total. The highest BCUT2D eigenvalue weighted by Gasteiger charge is 2.27. The highest BCUT2D eigenvalue weighted by Crippen LogP contribution is 2.17. The first-order chi connectivity index (χ1) is 9.04. The molecule has 1 unspecified atom stereocenters. The first kappa shape index (κ1) is 15.4. The topological polar surface area (TPSA) is 98.7 Å². The summed E-state index contributed by atoms with van der Waals surface area (Å²) >= 11 is 0. The maximum absolute atomic E-state index is 11.5. The summed E-state index contributed by atoms with van der Waals surface area (Å²) in [5.74, 6) is -1.23. The van der Waals surface area contributed by atoms with Crippen molar-refractivity contribution in [3.8, 4) is 0 Å². The fraction of sp³-hybridized carbons (Fsp3) is 0.750. The van der Waals surface area contributed by atoms with E-state index in [1.807, 2.05) is 4.90 Å². The molecule has 1 saturated heterocycles. The van der Waals surface area contributed by atoms with E-state index in [-0.39, 0.29) is 6.42 Å². The third-order valence-corrected chi connectivity index (χ3v) is 3.25. The zero-order valence-corrected chi connectivity index (χ0v) is 11.1. The van der Waals surface area contributed by atoms with Gasteiger partial charge in [-0.2, -0.15) is 0 Å². The molecule has 1 heterocycles. The van der Waals surface area contributed by atoms with Crippen molar-refractivity contribution < 1.29 is 19.5 Å².